The second-order valence-electron chi connectivity index (χ2n) is 6.20. The lowest BCUT2D eigenvalue weighted by molar-refractivity contribution is -0.118. The van der Waals surface area contributed by atoms with Crippen molar-refractivity contribution in [3.05, 3.63) is 0 Å². The Labute approximate surface area is 110 Å². The molecule has 2 fully saturated rings. The first-order chi connectivity index (χ1) is 8.59. The molecule has 4 atom stereocenters. The van der Waals surface area contributed by atoms with E-state index in [0.717, 1.165) is 44.9 Å². The second kappa shape index (κ2) is 5.19. The summed E-state index contributed by atoms with van der Waals surface area (Å²) >= 11 is 0. The average Bonchev–Trinajstić information content (AvgIpc) is 2.84. The first-order valence-electron chi connectivity index (χ1n) is 7.25. The smallest absolute Gasteiger partial charge is 0.0864 e. The molecule has 102 valence electrons. The number of hydrogen-bond donors (Lipinski definition) is 1. The van der Waals surface area contributed by atoms with E-state index in [1.54, 1.807) is 7.11 Å². The summed E-state index contributed by atoms with van der Waals surface area (Å²) in [5.74, 6) is 0.608. The highest BCUT2D eigenvalue weighted by atomic mass is 16.5. The Hall–Kier alpha value is -0.590. The normalized spacial score (nSPS) is 44.8. The zero-order valence-electron chi connectivity index (χ0n) is 11.6. The fourth-order valence-corrected chi connectivity index (χ4v) is 3.96. The molecule has 18 heavy (non-hydrogen) atoms. The van der Waals surface area contributed by atoms with Crippen molar-refractivity contribution in [1.29, 1.82) is 5.26 Å². The topological polar surface area (TPSA) is 53.2 Å². The van der Waals surface area contributed by atoms with Gasteiger partial charge in [0.25, 0.3) is 0 Å². The van der Waals surface area contributed by atoms with E-state index >= 15 is 0 Å². The molecule has 2 aliphatic rings. The van der Waals surface area contributed by atoms with Gasteiger partial charge in [-0.15, -0.1) is 0 Å². The number of aliphatic hydroxyl groups is 1. The van der Waals surface area contributed by atoms with Crippen LogP contribution in [0.1, 0.15) is 58.3 Å². The molecule has 0 amide bonds. The molecular formula is C15H25NO2. The number of nitrogens with zero attached hydrogens (tertiary/aromatic N) is 1. The zero-order chi connectivity index (χ0) is 13.2. The standard InChI is InChI=1S/C15H25NO2/c1-3-12-6-8-14(9-12,11-16)15(17)7-4-5-13(10-15)18-2/h12-13,17H,3-10H2,1-2H3. The lowest BCUT2D eigenvalue weighted by Gasteiger charge is -2.45. The Kier molecular flexibility index (Phi) is 3.99. The van der Waals surface area contributed by atoms with Crippen LogP contribution in [-0.4, -0.2) is 23.9 Å². The van der Waals surface area contributed by atoms with Gasteiger partial charge in [0.15, 0.2) is 0 Å². The average molecular weight is 251 g/mol. The molecule has 2 saturated carbocycles. The molecule has 3 nitrogen and oxygen atoms in total. The minimum absolute atomic E-state index is 0.120. The number of methoxy groups -OCH3 is 1. The monoisotopic (exact) mass is 251 g/mol. The summed E-state index contributed by atoms with van der Waals surface area (Å²) in [7, 11) is 1.71. The van der Waals surface area contributed by atoms with Gasteiger partial charge in [-0.3, -0.25) is 0 Å². The van der Waals surface area contributed by atoms with Gasteiger partial charge >= 0.3 is 0 Å². The highest BCUT2D eigenvalue weighted by Crippen LogP contribution is 2.54. The van der Waals surface area contributed by atoms with E-state index in [1.165, 1.54) is 0 Å². The Morgan fingerprint density at radius 3 is 2.67 bits per heavy atom. The molecule has 2 rings (SSSR count). The Morgan fingerprint density at radius 1 is 1.33 bits per heavy atom. The van der Waals surface area contributed by atoms with Crippen molar-refractivity contribution in [3.8, 4) is 6.07 Å². The molecule has 4 unspecified atom stereocenters. The molecule has 0 radical (unpaired) electrons. The quantitative estimate of drug-likeness (QED) is 0.838. The third-order valence-corrected chi connectivity index (χ3v) is 5.31. The lowest BCUT2D eigenvalue weighted by Crippen LogP contribution is -2.51. The van der Waals surface area contributed by atoms with Crippen molar-refractivity contribution in [1.82, 2.24) is 0 Å². The minimum atomic E-state index is -0.829. The molecule has 3 heteroatoms. The lowest BCUT2D eigenvalue weighted by atomic mass is 9.63. The van der Waals surface area contributed by atoms with Crippen molar-refractivity contribution in [3.63, 3.8) is 0 Å². The molecule has 0 heterocycles. The van der Waals surface area contributed by atoms with E-state index in [0.29, 0.717) is 12.3 Å². The molecule has 0 bridgehead atoms. The van der Waals surface area contributed by atoms with Crippen LogP contribution in [0.15, 0.2) is 0 Å². The van der Waals surface area contributed by atoms with Crippen LogP contribution >= 0.6 is 0 Å². The highest BCUT2D eigenvalue weighted by molar-refractivity contribution is 5.16. The van der Waals surface area contributed by atoms with E-state index in [2.05, 4.69) is 13.0 Å². The number of hydrogen-bond acceptors (Lipinski definition) is 3. The first kappa shape index (κ1) is 13.8. The van der Waals surface area contributed by atoms with Crippen molar-refractivity contribution in [2.75, 3.05) is 7.11 Å². The van der Waals surface area contributed by atoms with Crippen LogP contribution in [0.5, 0.6) is 0 Å². The van der Waals surface area contributed by atoms with Gasteiger partial charge in [-0.05, 0) is 44.4 Å². The summed E-state index contributed by atoms with van der Waals surface area (Å²) in [6.07, 6.45) is 7.42. The van der Waals surface area contributed by atoms with Gasteiger partial charge < -0.3 is 9.84 Å². The largest absolute Gasteiger partial charge is 0.388 e. The molecule has 0 aliphatic heterocycles. The Bertz CT molecular complexity index is 338. The van der Waals surface area contributed by atoms with E-state index < -0.39 is 11.0 Å². The van der Waals surface area contributed by atoms with Crippen LogP contribution in [0.2, 0.25) is 0 Å². The predicted molar refractivity (Wildman–Crippen MR) is 69.9 cm³/mol. The van der Waals surface area contributed by atoms with E-state index in [-0.39, 0.29) is 6.10 Å². The Morgan fingerprint density at radius 2 is 2.11 bits per heavy atom. The van der Waals surface area contributed by atoms with E-state index in [4.69, 9.17) is 4.74 Å². The van der Waals surface area contributed by atoms with Gasteiger partial charge in [0.05, 0.1) is 23.2 Å². The maximum absolute atomic E-state index is 11.0. The van der Waals surface area contributed by atoms with Crippen molar-refractivity contribution in [2.24, 2.45) is 11.3 Å². The van der Waals surface area contributed by atoms with Gasteiger partial charge in [-0.2, -0.15) is 5.26 Å². The van der Waals surface area contributed by atoms with E-state index in [9.17, 15) is 10.4 Å². The Balaban J connectivity index is 2.19. The number of ether oxygens (including phenoxy) is 1. The summed E-state index contributed by atoms with van der Waals surface area (Å²) in [6.45, 7) is 2.18. The van der Waals surface area contributed by atoms with Gasteiger partial charge in [0.1, 0.15) is 0 Å². The predicted octanol–water partition coefficient (Wildman–Crippen LogP) is 3.03. The molecular weight excluding hydrogens is 226 g/mol. The van der Waals surface area contributed by atoms with Gasteiger partial charge in [0, 0.05) is 13.5 Å². The molecule has 0 aromatic rings. The summed E-state index contributed by atoms with van der Waals surface area (Å²) in [4.78, 5) is 0. The molecule has 0 aromatic heterocycles. The maximum atomic E-state index is 11.0. The van der Waals surface area contributed by atoms with Crippen molar-refractivity contribution in [2.45, 2.75) is 70.0 Å². The zero-order valence-corrected chi connectivity index (χ0v) is 11.6. The van der Waals surface area contributed by atoms with Gasteiger partial charge in [-0.1, -0.05) is 13.3 Å². The van der Waals surface area contributed by atoms with Crippen molar-refractivity contribution >= 4 is 0 Å². The molecule has 0 saturated heterocycles. The van der Waals surface area contributed by atoms with Gasteiger partial charge in [0.2, 0.25) is 0 Å². The second-order valence-corrected chi connectivity index (χ2v) is 6.20. The van der Waals surface area contributed by atoms with Crippen LogP contribution < -0.4 is 0 Å². The summed E-state index contributed by atoms with van der Waals surface area (Å²) in [5.41, 5.74) is -1.35. The highest BCUT2D eigenvalue weighted by Gasteiger charge is 2.55. The minimum Gasteiger partial charge on any atom is -0.388 e. The van der Waals surface area contributed by atoms with Crippen LogP contribution in [0.3, 0.4) is 0 Å². The van der Waals surface area contributed by atoms with Crippen LogP contribution in [-0.2, 0) is 4.74 Å². The van der Waals surface area contributed by atoms with Crippen LogP contribution in [0.4, 0.5) is 0 Å². The maximum Gasteiger partial charge on any atom is 0.0864 e. The van der Waals surface area contributed by atoms with Crippen LogP contribution in [0.25, 0.3) is 0 Å². The molecule has 0 spiro atoms. The third-order valence-electron chi connectivity index (χ3n) is 5.31. The number of rotatable bonds is 3. The summed E-state index contributed by atoms with van der Waals surface area (Å²) in [6, 6.07) is 2.49. The van der Waals surface area contributed by atoms with Crippen molar-refractivity contribution < 1.29 is 9.84 Å². The molecule has 0 aromatic carbocycles. The number of nitriles is 1. The molecule has 1 N–H and O–H groups in total. The SMILES string of the molecule is CCC1CCC(C#N)(C2(O)CCCC(OC)C2)C1. The molecule has 2 aliphatic carbocycles. The summed E-state index contributed by atoms with van der Waals surface area (Å²) < 4.78 is 5.42. The fourth-order valence-electron chi connectivity index (χ4n) is 3.96. The van der Waals surface area contributed by atoms with Crippen LogP contribution in [0, 0.1) is 22.7 Å². The fraction of sp³-hybridized carbons (Fsp3) is 0.933. The van der Waals surface area contributed by atoms with Gasteiger partial charge in [-0.25, -0.2) is 0 Å². The third kappa shape index (κ3) is 2.17. The first-order valence-corrected chi connectivity index (χ1v) is 7.25. The summed E-state index contributed by atoms with van der Waals surface area (Å²) in [5, 5.41) is 20.7. The van der Waals surface area contributed by atoms with E-state index in [1.807, 2.05) is 0 Å².